The van der Waals surface area contributed by atoms with E-state index in [1.807, 2.05) is 0 Å². The van der Waals surface area contributed by atoms with Crippen molar-refractivity contribution in [2.75, 3.05) is 13.2 Å². The molecule has 0 aromatic carbocycles. The molecule has 1 atom stereocenters. The number of hydrogen-bond acceptors (Lipinski definition) is 6. The summed E-state index contributed by atoms with van der Waals surface area (Å²) in [6, 6.07) is 0. The predicted molar refractivity (Wildman–Crippen MR) is 270 cm³/mol. The molecule has 0 spiro atoms. The van der Waals surface area contributed by atoms with Gasteiger partial charge in [0.05, 0.1) is 0 Å². The van der Waals surface area contributed by atoms with Crippen molar-refractivity contribution in [2.24, 2.45) is 0 Å². The lowest BCUT2D eigenvalue weighted by Crippen LogP contribution is -2.30. The number of unbranched alkanes of at least 4 members (excludes halogenated alkanes) is 33. The second-order valence-electron chi connectivity index (χ2n) is 18.5. The van der Waals surface area contributed by atoms with Crippen LogP contribution in [-0.2, 0) is 28.6 Å². The van der Waals surface area contributed by atoms with E-state index >= 15 is 0 Å². The number of hydrogen-bond donors (Lipinski definition) is 0. The molecule has 0 aromatic heterocycles. The van der Waals surface area contributed by atoms with Gasteiger partial charge in [-0.2, -0.15) is 0 Å². The Hall–Kier alpha value is -2.37. The van der Waals surface area contributed by atoms with E-state index in [4.69, 9.17) is 14.2 Å². The van der Waals surface area contributed by atoms with Crippen molar-refractivity contribution in [3.8, 4) is 0 Å². The van der Waals surface area contributed by atoms with Gasteiger partial charge in [-0.25, -0.2) is 0 Å². The average Bonchev–Trinajstić information content (AvgIpc) is 3.28. The fraction of sp³-hybridized carbons (Fsp3) is 0.842. The van der Waals surface area contributed by atoms with Crippen molar-refractivity contribution in [3.63, 3.8) is 0 Å². The zero-order valence-corrected chi connectivity index (χ0v) is 42.1. The molecule has 6 heteroatoms. The molecular formula is C57H104O6. The van der Waals surface area contributed by atoms with Gasteiger partial charge >= 0.3 is 17.9 Å². The first-order valence-corrected chi connectivity index (χ1v) is 27.5. The Kier molecular flexibility index (Phi) is 50.3. The van der Waals surface area contributed by atoms with Crippen molar-refractivity contribution in [1.82, 2.24) is 0 Å². The van der Waals surface area contributed by atoms with Gasteiger partial charge in [-0.1, -0.05) is 256 Å². The SMILES string of the molecule is CCCCCCCC/C=C\C/C=C\C/C=C\CCCC(=O)OC(COC(=O)CCCCCCCCCCC)COC(=O)CCCCCCCCCCCCCCCCCCCCC. The molecule has 0 aliphatic carbocycles. The number of esters is 3. The van der Waals surface area contributed by atoms with Gasteiger partial charge in [0.15, 0.2) is 6.10 Å². The highest BCUT2D eigenvalue weighted by atomic mass is 16.6. The summed E-state index contributed by atoms with van der Waals surface area (Å²) in [6.45, 7) is 6.60. The molecule has 0 aromatic rings. The fourth-order valence-electron chi connectivity index (χ4n) is 7.99. The van der Waals surface area contributed by atoms with Crippen LogP contribution in [-0.4, -0.2) is 37.2 Å². The van der Waals surface area contributed by atoms with Gasteiger partial charge in [-0.05, 0) is 51.4 Å². The van der Waals surface area contributed by atoms with Crippen molar-refractivity contribution in [1.29, 1.82) is 0 Å². The van der Waals surface area contributed by atoms with Gasteiger partial charge in [-0.3, -0.25) is 14.4 Å². The van der Waals surface area contributed by atoms with E-state index in [9.17, 15) is 14.4 Å². The maximum Gasteiger partial charge on any atom is 0.306 e. The van der Waals surface area contributed by atoms with E-state index in [1.165, 1.54) is 186 Å². The highest BCUT2D eigenvalue weighted by molar-refractivity contribution is 5.71. The summed E-state index contributed by atoms with van der Waals surface area (Å²) in [6.07, 6.45) is 61.5. The van der Waals surface area contributed by atoms with Gasteiger partial charge in [0.1, 0.15) is 13.2 Å². The molecule has 63 heavy (non-hydrogen) atoms. The van der Waals surface area contributed by atoms with E-state index in [1.54, 1.807) is 0 Å². The minimum absolute atomic E-state index is 0.0878. The summed E-state index contributed by atoms with van der Waals surface area (Å²) in [5.74, 6) is -0.930. The Morgan fingerprint density at radius 2 is 0.587 bits per heavy atom. The molecule has 368 valence electrons. The molecule has 0 N–H and O–H groups in total. The van der Waals surface area contributed by atoms with Crippen LogP contribution in [0.25, 0.3) is 0 Å². The van der Waals surface area contributed by atoms with Crippen LogP contribution in [0.1, 0.15) is 290 Å². The Labute approximate surface area is 391 Å². The molecule has 0 amide bonds. The fourth-order valence-corrected chi connectivity index (χ4v) is 7.99. The lowest BCUT2D eigenvalue weighted by molar-refractivity contribution is -0.167. The molecule has 0 saturated carbocycles. The monoisotopic (exact) mass is 885 g/mol. The number of carbonyl (C=O) groups excluding carboxylic acids is 3. The van der Waals surface area contributed by atoms with Crippen LogP contribution in [0, 0.1) is 0 Å². The Morgan fingerprint density at radius 3 is 0.937 bits per heavy atom. The smallest absolute Gasteiger partial charge is 0.306 e. The maximum absolute atomic E-state index is 12.8. The zero-order valence-electron chi connectivity index (χ0n) is 42.1. The average molecular weight is 885 g/mol. The van der Waals surface area contributed by atoms with Gasteiger partial charge in [0.25, 0.3) is 0 Å². The summed E-state index contributed by atoms with van der Waals surface area (Å²) >= 11 is 0. The van der Waals surface area contributed by atoms with E-state index < -0.39 is 6.10 Å². The second-order valence-corrected chi connectivity index (χ2v) is 18.5. The van der Waals surface area contributed by atoms with Gasteiger partial charge in [0.2, 0.25) is 0 Å². The largest absolute Gasteiger partial charge is 0.462 e. The highest BCUT2D eigenvalue weighted by Gasteiger charge is 2.19. The van der Waals surface area contributed by atoms with E-state index in [0.29, 0.717) is 19.3 Å². The number of ether oxygens (including phenoxy) is 3. The van der Waals surface area contributed by atoms with Crippen molar-refractivity contribution in [3.05, 3.63) is 36.5 Å². The van der Waals surface area contributed by atoms with E-state index in [0.717, 1.165) is 57.8 Å². The van der Waals surface area contributed by atoms with Crippen LogP contribution >= 0.6 is 0 Å². The normalized spacial score (nSPS) is 12.2. The number of allylic oxidation sites excluding steroid dienone is 6. The third-order valence-electron chi connectivity index (χ3n) is 12.1. The number of carbonyl (C=O) groups is 3. The molecule has 0 radical (unpaired) electrons. The van der Waals surface area contributed by atoms with Crippen LogP contribution in [0.5, 0.6) is 0 Å². The minimum atomic E-state index is -0.792. The Balaban J connectivity index is 4.32. The quantitative estimate of drug-likeness (QED) is 0.0262. The molecular weight excluding hydrogens is 781 g/mol. The van der Waals surface area contributed by atoms with Gasteiger partial charge in [-0.15, -0.1) is 0 Å². The highest BCUT2D eigenvalue weighted by Crippen LogP contribution is 2.16. The van der Waals surface area contributed by atoms with Crippen LogP contribution in [0.3, 0.4) is 0 Å². The third-order valence-corrected chi connectivity index (χ3v) is 12.1. The van der Waals surface area contributed by atoms with Crippen LogP contribution in [0.4, 0.5) is 0 Å². The molecule has 0 aliphatic heterocycles. The van der Waals surface area contributed by atoms with Crippen LogP contribution in [0.15, 0.2) is 36.5 Å². The topological polar surface area (TPSA) is 78.9 Å². The molecule has 0 bridgehead atoms. The molecule has 6 nitrogen and oxygen atoms in total. The molecule has 0 fully saturated rings. The third kappa shape index (κ3) is 50.5. The lowest BCUT2D eigenvalue weighted by atomic mass is 10.0. The first kappa shape index (κ1) is 60.6. The molecule has 0 rings (SSSR count). The molecule has 0 saturated heterocycles. The summed E-state index contributed by atoms with van der Waals surface area (Å²) in [4.78, 5) is 37.9. The van der Waals surface area contributed by atoms with Crippen molar-refractivity contribution in [2.45, 2.75) is 297 Å². The lowest BCUT2D eigenvalue weighted by Gasteiger charge is -2.18. The van der Waals surface area contributed by atoms with E-state index in [-0.39, 0.29) is 37.5 Å². The maximum atomic E-state index is 12.8. The summed E-state index contributed by atoms with van der Waals surface area (Å²) in [5, 5.41) is 0. The summed E-state index contributed by atoms with van der Waals surface area (Å²) in [7, 11) is 0. The summed E-state index contributed by atoms with van der Waals surface area (Å²) in [5.41, 5.74) is 0. The standard InChI is InChI=1S/C57H104O6/c1-4-7-10-13-16-19-21-23-25-27-28-30-31-33-35-38-41-44-47-50-56(59)62-53-54(52-61-55(58)49-46-43-40-37-18-15-12-9-6-3)63-57(60)51-48-45-42-39-36-34-32-29-26-24-22-20-17-14-11-8-5-2/h24,26,32,34,39,42,54H,4-23,25,27-31,33,35-38,40-41,43-53H2,1-3H3/b26-24-,34-32-,42-39-. The van der Waals surface area contributed by atoms with Crippen molar-refractivity contribution < 1.29 is 28.6 Å². The Bertz CT molecular complexity index is 1060. The van der Waals surface area contributed by atoms with Crippen LogP contribution < -0.4 is 0 Å². The molecule has 0 aliphatic rings. The summed E-state index contributed by atoms with van der Waals surface area (Å²) < 4.78 is 16.8. The first-order valence-electron chi connectivity index (χ1n) is 27.5. The van der Waals surface area contributed by atoms with Crippen molar-refractivity contribution >= 4 is 17.9 Å². The van der Waals surface area contributed by atoms with Gasteiger partial charge in [0, 0.05) is 19.3 Å². The minimum Gasteiger partial charge on any atom is -0.462 e. The van der Waals surface area contributed by atoms with Crippen LogP contribution in [0.2, 0.25) is 0 Å². The molecule has 1 unspecified atom stereocenters. The predicted octanol–water partition coefficient (Wildman–Crippen LogP) is 18.1. The second kappa shape index (κ2) is 52.3. The first-order chi connectivity index (χ1) is 31.0. The zero-order chi connectivity index (χ0) is 45.8. The Morgan fingerprint density at radius 1 is 0.317 bits per heavy atom. The number of rotatable bonds is 50. The van der Waals surface area contributed by atoms with E-state index in [2.05, 4.69) is 57.2 Å². The van der Waals surface area contributed by atoms with Gasteiger partial charge < -0.3 is 14.2 Å². The molecule has 0 heterocycles.